The molecule has 2 radical (unpaired) electrons. The zero-order valence-corrected chi connectivity index (χ0v) is 14.7. The molecule has 0 heterocycles. The Morgan fingerprint density at radius 2 is 1.40 bits per heavy atom. The predicted molar refractivity (Wildman–Crippen MR) is 73.3 cm³/mol. The van der Waals surface area contributed by atoms with E-state index in [1.54, 1.807) is 0 Å². The first-order valence-corrected chi connectivity index (χ1v) is 5.56. The molecule has 0 fully saturated rings. The predicted octanol–water partition coefficient (Wildman–Crippen LogP) is 3.93. The SMILES string of the molecule is C[C-](C)C.C[C-](C)C.O=C(O)c1c[c-]c[c-]c1O.[Co+2].[Co+2]. The van der Waals surface area contributed by atoms with Crippen LogP contribution in [0.3, 0.4) is 0 Å². The van der Waals surface area contributed by atoms with Gasteiger partial charge in [0, 0.05) is 0 Å². The number of phenols is 1. The van der Waals surface area contributed by atoms with Crippen LogP contribution < -0.4 is 0 Å². The van der Waals surface area contributed by atoms with E-state index in [9.17, 15) is 4.79 Å². The normalized spacial score (nSPS) is 8.20. The number of hydrogen-bond donors (Lipinski definition) is 2. The third-order valence-corrected chi connectivity index (χ3v) is 1.01. The molecule has 118 valence electrons. The third kappa shape index (κ3) is 22.7. The van der Waals surface area contributed by atoms with Crippen molar-refractivity contribution in [3.05, 3.63) is 41.7 Å². The van der Waals surface area contributed by atoms with Gasteiger partial charge in [0.2, 0.25) is 5.97 Å². The molecule has 1 aromatic rings. The minimum atomic E-state index is -1.18. The van der Waals surface area contributed by atoms with E-state index in [-0.39, 0.29) is 44.9 Å². The zero-order valence-electron chi connectivity index (χ0n) is 12.6. The Morgan fingerprint density at radius 1 is 1.05 bits per heavy atom. The van der Waals surface area contributed by atoms with Gasteiger partial charge in [0.1, 0.15) is 0 Å². The van der Waals surface area contributed by atoms with E-state index in [1.807, 2.05) is 0 Å². The van der Waals surface area contributed by atoms with Gasteiger partial charge >= 0.3 is 33.6 Å². The zero-order chi connectivity index (χ0) is 14.7. The minimum absolute atomic E-state index is 0. The second-order valence-corrected chi connectivity index (χ2v) is 4.67. The van der Waals surface area contributed by atoms with Gasteiger partial charge in [0.15, 0.2) is 0 Å². The Hall–Kier alpha value is -0.497. The molecule has 0 aliphatic heterocycles. The number of carboxylic acids is 1. The van der Waals surface area contributed by atoms with Crippen molar-refractivity contribution in [1.29, 1.82) is 0 Å². The number of rotatable bonds is 1. The van der Waals surface area contributed by atoms with E-state index in [0.29, 0.717) is 0 Å². The molecule has 1 aromatic carbocycles. The van der Waals surface area contributed by atoms with Crippen molar-refractivity contribution < 1.29 is 48.6 Å². The van der Waals surface area contributed by atoms with Crippen molar-refractivity contribution in [2.24, 2.45) is 0 Å². The number of aromatic hydroxyl groups is 1. The minimum Gasteiger partial charge on any atom is -0.557 e. The summed E-state index contributed by atoms with van der Waals surface area (Å²) in [6.45, 7) is 12.5. The maximum Gasteiger partial charge on any atom is 2.00 e. The van der Waals surface area contributed by atoms with Crippen LogP contribution in [0.4, 0.5) is 0 Å². The first-order valence-electron chi connectivity index (χ1n) is 5.56. The summed E-state index contributed by atoms with van der Waals surface area (Å²) in [5.74, 6) is 1.30. The molecular formula is C15H22Co2O3. The molecule has 3 nitrogen and oxygen atoms in total. The van der Waals surface area contributed by atoms with Gasteiger partial charge in [-0.25, -0.2) is 0 Å². The monoisotopic (exact) mass is 368 g/mol. The fourth-order valence-corrected chi connectivity index (χ4v) is 0.544. The Bertz CT molecular complexity index is 328. The number of benzene rings is 1. The summed E-state index contributed by atoms with van der Waals surface area (Å²) < 4.78 is 0. The molecule has 0 aromatic heterocycles. The van der Waals surface area contributed by atoms with Crippen molar-refractivity contribution in [2.45, 2.75) is 41.5 Å². The van der Waals surface area contributed by atoms with Gasteiger partial charge in [-0.1, -0.05) is 5.75 Å². The van der Waals surface area contributed by atoms with Gasteiger partial charge < -0.3 is 40.2 Å². The van der Waals surface area contributed by atoms with Crippen LogP contribution in [0.2, 0.25) is 0 Å². The van der Waals surface area contributed by atoms with E-state index in [1.165, 1.54) is 24.0 Å². The van der Waals surface area contributed by atoms with E-state index in [2.05, 4.69) is 53.7 Å². The van der Waals surface area contributed by atoms with E-state index in [0.717, 1.165) is 0 Å². The fraction of sp³-hybridized carbons (Fsp3) is 0.400. The fourth-order valence-electron chi connectivity index (χ4n) is 0.544. The Kier molecular flexibility index (Phi) is 23.0. The second-order valence-electron chi connectivity index (χ2n) is 4.67. The van der Waals surface area contributed by atoms with E-state index >= 15 is 0 Å². The summed E-state index contributed by atoms with van der Waals surface area (Å²) in [5, 5.41) is 17.2. The van der Waals surface area contributed by atoms with Crippen LogP contribution in [0.1, 0.15) is 51.9 Å². The smallest absolute Gasteiger partial charge is 0.557 e. The Morgan fingerprint density at radius 3 is 1.60 bits per heavy atom. The first kappa shape index (κ1) is 27.8. The average molecular weight is 368 g/mol. The van der Waals surface area contributed by atoms with Gasteiger partial charge in [0.25, 0.3) is 0 Å². The van der Waals surface area contributed by atoms with E-state index in [4.69, 9.17) is 10.2 Å². The summed E-state index contributed by atoms with van der Waals surface area (Å²) in [5.41, 5.74) is -0.178. The van der Waals surface area contributed by atoms with Gasteiger partial charge in [-0.05, 0) is 0 Å². The standard InChI is InChI=1S/C7H4O3.2C4H9.2Co/c8-6-4-2-1-3-5(6)7(9)10;2*1-4(2)3;;/h2-3,8H,(H,9,10);2*1-3H3;;/q-2;2*-1;2*+2. The quantitative estimate of drug-likeness (QED) is 0.739. The summed E-state index contributed by atoms with van der Waals surface area (Å²) in [4.78, 5) is 10.2. The van der Waals surface area contributed by atoms with Crippen molar-refractivity contribution in [1.82, 2.24) is 0 Å². The van der Waals surface area contributed by atoms with Crippen LogP contribution in [0.15, 0.2) is 12.1 Å². The van der Waals surface area contributed by atoms with Crippen molar-refractivity contribution >= 4 is 5.97 Å². The molecule has 0 saturated heterocycles. The Balaban J connectivity index is -0.000000110. The number of carbonyl (C=O) groups is 1. The van der Waals surface area contributed by atoms with Gasteiger partial charge in [-0.2, -0.15) is 41.5 Å². The molecule has 0 amide bonds. The molecule has 0 bridgehead atoms. The molecule has 0 unspecified atom stereocenters. The first-order chi connectivity index (χ1) is 8.18. The molecule has 20 heavy (non-hydrogen) atoms. The maximum atomic E-state index is 10.2. The number of carboxylic acid groups (broad SMARTS) is 1. The summed E-state index contributed by atoms with van der Waals surface area (Å²) >= 11 is 0. The maximum absolute atomic E-state index is 10.2. The van der Waals surface area contributed by atoms with Crippen LogP contribution >= 0.6 is 0 Å². The van der Waals surface area contributed by atoms with Gasteiger partial charge in [-0.15, -0.1) is 5.56 Å². The molecule has 0 aliphatic carbocycles. The second kappa shape index (κ2) is 16.6. The third-order valence-electron chi connectivity index (χ3n) is 1.01. The topological polar surface area (TPSA) is 57.5 Å². The molecule has 1 rings (SSSR count). The van der Waals surface area contributed by atoms with Crippen LogP contribution in [-0.2, 0) is 33.6 Å². The summed E-state index contributed by atoms with van der Waals surface area (Å²) in [6.07, 6.45) is 0. The number of hydrogen-bond acceptors (Lipinski definition) is 2. The average Bonchev–Trinajstić information content (AvgIpc) is 2.15. The van der Waals surface area contributed by atoms with Gasteiger partial charge in [0.05, 0.1) is 0 Å². The van der Waals surface area contributed by atoms with Crippen molar-refractivity contribution in [3.63, 3.8) is 0 Å². The molecule has 5 heteroatoms. The van der Waals surface area contributed by atoms with Crippen LogP contribution in [0, 0.1) is 24.0 Å². The molecule has 2 N–H and O–H groups in total. The Labute approximate surface area is 143 Å². The van der Waals surface area contributed by atoms with E-state index < -0.39 is 5.97 Å². The summed E-state index contributed by atoms with van der Waals surface area (Å²) in [7, 11) is 0. The van der Waals surface area contributed by atoms with Crippen LogP contribution in [0.25, 0.3) is 0 Å². The summed E-state index contributed by atoms with van der Waals surface area (Å²) in [6, 6.07) is 7.30. The molecule has 0 atom stereocenters. The molecule has 0 saturated carbocycles. The largest absolute Gasteiger partial charge is 2.00 e. The molecular weight excluding hydrogens is 346 g/mol. The van der Waals surface area contributed by atoms with Gasteiger partial charge in [-0.3, -0.25) is 10.9 Å². The number of aromatic carboxylic acids is 1. The molecule has 0 spiro atoms. The van der Waals surface area contributed by atoms with Crippen molar-refractivity contribution in [2.75, 3.05) is 0 Å². The van der Waals surface area contributed by atoms with Crippen LogP contribution in [0.5, 0.6) is 5.75 Å². The molecule has 0 aliphatic rings. The van der Waals surface area contributed by atoms with Crippen molar-refractivity contribution in [3.8, 4) is 5.75 Å². The van der Waals surface area contributed by atoms with Crippen LogP contribution in [-0.4, -0.2) is 16.2 Å².